The minimum absolute atomic E-state index is 0.507. The molecule has 0 fully saturated rings. The Morgan fingerprint density at radius 3 is 2.86 bits per heavy atom. The normalized spacial score (nSPS) is 17.4. The summed E-state index contributed by atoms with van der Waals surface area (Å²) in [4.78, 5) is 0. The minimum atomic E-state index is 0.507. The second-order valence-corrected chi connectivity index (χ2v) is 2.31. The van der Waals surface area contributed by atoms with Gasteiger partial charge >= 0.3 is 51.0 Å². The van der Waals surface area contributed by atoms with Gasteiger partial charge in [0.15, 0.2) is 0 Å². The predicted molar refractivity (Wildman–Crippen MR) is 32.9 cm³/mol. The van der Waals surface area contributed by atoms with E-state index in [1.165, 1.54) is 0 Å². The van der Waals surface area contributed by atoms with Crippen LogP contribution in [0, 0.1) is 0 Å². The molecule has 1 aliphatic carbocycles. The topological polar surface area (TPSA) is 9.23 Å². The van der Waals surface area contributed by atoms with E-state index in [2.05, 4.69) is 12.2 Å². The van der Waals surface area contributed by atoms with Crippen molar-refractivity contribution in [2.45, 2.75) is 6.42 Å². The zero-order chi connectivity index (χ0) is 5.11. The summed E-state index contributed by atoms with van der Waals surface area (Å²) < 4.78 is 5.07. The van der Waals surface area contributed by atoms with Gasteiger partial charge in [0.25, 0.3) is 0 Å². The SMILES string of the molecule is [GeH3][O]C1=CCC=C1. The van der Waals surface area contributed by atoms with Crippen molar-refractivity contribution >= 4 is 16.9 Å². The van der Waals surface area contributed by atoms with Crippen LogP contribution in [0.3, 0.4) is 0 Å². The summed E-state index contributed by atoms with van der Waals surface area (Å²) in [5.74, 6) is 1.07. The van der Waals surface area contributed by atoms with Crippen LogP contribution in [0.15, 0.2) is 24.0 Å². The van der Waals surface area contributed by atoms with Crippen molar-refractivity contribution in [3.8, 4) is 0 Å². The molecule has 7 heavy (non-hydrogen) atoms. The molecule has 0 N–H and O–H groups in total. The maximum atomic E-state index is 5.07. The summed E-state index contributed by atoms with van der Waals surface area (Å²) in [6.45, 7) is 0. The predicted octanol–water partition coefficient (Wildman–Crippen LogP) is 0.127. The van der Waals surface area contributed by atoms with Gasteiger partial charge in [-0.1, -0.05) is 0 Å². The van der Waals surface area contributed by atoms with Gasteiger partial charge in [-0.25, -0.2) is 0 Å². The van der Waals surface area contributed by atoms with Crippen molar-refractivity contribution in [2.75, 3.05) is 0 Å². The molecule has 1 rings (SSSR count). The molecule has 0 saturated heterocycles. The average molecular weight is 157 g/mol. The van der Waals surface area contributed by atoms with Crippen molar-refractivity contribution in [1.29, 1.82) is 0 Å². The maximum absolute atomic E-state index is 5.07. The summed E-state index contributed by atoms with van der Waals surface area (Å²) in [6, 6.07) is 0. The van der Waals surface area contributed by atoms with E-state index in [1.807, 2.05) is 6.08 Å². The van der Waals surface area contributed by atoms with Gasteiger partial charge in [0.1, 0.15) is 0 Å². The number of hydrogen-bond acceptors (Lipinski definition) is 1. The third-order valence-corrected chi connectivity index (χ3v) is 1.96. The van der Waals surface area contributed by atoms with E-state index in [1.54, 1.807) is 0 Å². The Bertz CT molecular complexity index is 115. The van der Waals surface area contributed by atoms with Crippen molar-refractivity contribution in [3.05, 3.63) is 24.0 Å². The molecule has 1 nitrogen and oxygen atoms in total. The van der Waals surface area contributed by atoms with Crippen LogP contribution in [-0.2, 0) is 3.76 Å². The van der Waals surface area contributed by atoms with Crippen LogP contribution < -0.4 is 0 Å². The molecule has 1 aliphatic rings. The molecule has 0 radical (unpaired) electrons. The van der Waals surface area contributed by atoms with E-state index in [4.69, 9.17) is 3.76 Å². The molecular weight excluding hydrogens is 149 g/mol. The van der Waals surface area contributed by atoms with Crippen molar-refractivity contribution in [2.24, 2.45) is 0 Å². The quantitative estimate of drug-likeness (QED) is 0.491. The Morgan fingerprint density at radius 2 is 2.57 bits per heavy atom. The Morgan fingerprint density at radius 1 is 1.71 bits per heavy atom. The fourth-order valence-corrected chi connectivity index (χ4v) is 1.22. The third-order valence-electron chi connectivity index (χ3n) is 0.973. The fraction of sp³-hybridized carbons (Fsp3) is 0.200. The third kappa shape index (κ3) is 1.09. The van der Waals surface area contributed by atoms with Crippen molar-refractivity contribution < 1.29 is 3.76 Å². The van der Waals surface area contributed by atoms with Crippen LogP contribution in [-0.4, -0.2) is 16.9 Å². The Hall–Kier alpha value is -0.177. The summed E-state index contributed by atoms with van der Waals surface area (Å²) >= 11 is 0.507. The monoisotopic (exact) mass is 158 g/mol. The molecule has 0 saturated carbocycles. The molecule has 0 unspecified atom stereocenters. The summed E-state index contributed by atoms with van der Waals surface area (Å²) in [6.07, 6.45) is 7.27. The van der Waals surface area contributed by atoms with Gasteiger partial charge in [0, 0.05) is 0 Å². The van der Waals surface area contributed by atoms with Gasteiger partial charge in [-0.15, -0.1) is 0 Å². The molecule has 0 aromatic rings. The number of rotatable bonds is 1. The van der Waals surface area contributed by atoms with Crippen LogP contribution in [0.2, 0.25) is 0 Å². The van der Waals surface area contributed by atoms with E-state index >= 15 is 0 Å². The summed E-state index contributed by atoms with van der Waals surface area (Å²) in [7, 11) is 0. The molecule has 0 aromatic carbocycles. The number of allylic oxidation sites excluding steroid dienone is 3. The van der Waals surface area contributed by atoms with Gasteiger partial charge in [0.2, 0.25) is 0 Å². The molecule has 0 heterocycles. The Labute approximate surface area is 51.6 Å². The average Bonchev–Trinajstić information content (AvgIpc) is 2.14. The molecule has 38 valence electrons. The first-order chi connectivity index (χ1) is 3.43. The van der Waals surface area contributed by atoms with Crippen LogP contribution in [0.4, 0.5) is 0 Å². The van der Waals surface area contributed by atoms with Crippen molar-refractivity contribution in [1.82, 2.24) is 0 Å². The zero-order valence-electron chi connectivity index (χ0n) is 4.35. The Kier molecular flexibility index (Phi) is 1.57. The van der Waals surface area contributed by atoms with E-state index in [0.717, 1.165) is 12.2 Å². The van der Waals surface area contributed by atoms with Gasteiger partial charge in [0.05, 0.1) is 0 Å². The van der Waals surface area contributed by atoms with Gasteiger partial charge in [-0.3, -0.25) is 0 Å². The van der Waals surface area contributed by atoms with Gasteiger partial charge in [-0.05, 0) is 0 Å². The molecule has 2 heteroatoms. The molecule has 0 atom stereocenters. The summed E-state index contributed by atoms with van der Waals surface area (Å²) in [5, 5.41) is 0. The van der Waals surface area contributed by atoms with Crippen LogP contribution in [0.25, 0.3) is 0 Å². The molecule has 0 amide bonds. The molecule has 0 bridgehead atoms. The first-order valence-corrected chi connectivity index (χ1v) is 4.05. The van der Waals surface area contributed by atoms with E-state index in [0.29, 0.717) is 16.9 Å². The molecule has 0 spiro atoms. The van der Waals surface area contributed by atoms with Crippen LogP contribution in [0.5, 0.6) is 0 Å². The van der Waals surface area contributed by atoms with E-state index in [9.17, 15) is 0 Å². The second-order valence-electron chi connectivity index (χ2n) is 1.45. The summed E-state index contributed by atoms with van der Waals surface area (Å²) in [5.41, 5.74) is 0. The van der Waals surface area contributed by atoms with E-state index < -0.39 is 0 Å². The first-order valence-electron chi connectivity index (χ1n) is 2.34. The number of hydrogen-bond donors (Lipinski definition) is 0. The zero-order valence-corrected chi connectivity index (χ0v) is 8.54. The second kappa shape index (κ2) is 2.21. The van der Waals surface area contributed by atoms with Crippen LogP contribution in [0.1, 0.15) is 6.42 Å². The van der Waals surface area contributed by atoms with Crippen molar-refractivity contribution in [3.63, 3.8) is 0 Å². The molecular formula is C5H8GeO. The van der Waals surface area contributed by atoms with Gasteiger partial charge in [-0.2, -0.15) is 0 Å². The first kappa shape index (κ1) is 4.97. The Balaban J connectivity index is 2.52. The molecule has 0 aromatic heterocycles. The fourth-order valence-electron chi connectivity index (χ4n) is 0.588. The van der Waals surface area contributed by atoms with Crippen LogP contribution >= 0.6 is 0 Å². The van der Waals surface area contributed by atoms with E-state index in [-0.39, 0.29) is 0 Å². The van der Waals surface area contributed by atoms with Gasteiger partial charge < -0.3 is 0 Å². The standard InChI is InChI=1S/C5H8GeO/c6-7-5-3-1-2-4-5/h1,3-4H,2H2,6H3. The molecule has 0 aliphatic heterocycles.